The van der Waals surface area contributed by atoms with Gasteiger partial charge in [0.25, 0.3) is 0 Å². The molecule has 0 aromatic carbocycles. The molecule has 0 saturated carbocycles. The van der Waals surface area contributed by atoms with Gasteiger partial charge >= 0.3 is 6.18 Å². The molecule has 0 bridgehead atoms. The van der Waals surface area contributed by atoms with Gasteiger partial charge in [0, 0.05) is 6.42 Å². The molecule has 0 N–H and O–H groups in total. The van der Waals surface area contributed by atoms with E-state index in [9.17, 15) is 13.2 Å². The van der Waals surface area contributed by atoms with Crippen LogP contribution in [0.4, 0.5) is 13.2 Å². The highest BCUT2D eigenvalue weighted by Crippen LogP contribution is 2.22. The van der Waals surface area contributed by atoms with Gasteiger partial charge in [0.05, 0.1) is 0 Å². The van der Waals surface area contributed by atoms with Crippen LogP contribution in [0.3, 0.4) is 0 Å². The summed E-state index contributed by atoms with van der Waals surface area (Å²) in [5.41, 5.74) is 0. The second kappa shape index (κ2) is 6.09. The summed E-state index contributed by atoms with van der Waals surface area (Å²) in [4.78, 5) is 0. The van der Waals surface area contributed by atoms with Crippen molar-refractivity contribution in [2.75, 3.05) is 0 Å². The number of hydrogen-bond donors (Lipinski definition) is 0. The van der Waals surface area contributed by atoms with Gasteiger partial charge in [0.1, 0.15) is 0 Å². The lowest BCUT2D eigenvalue weighted by Crippen LogP contribution is -2.06. The van der Waals surface area contributed by atoms with E-state index in [1.54, 1.807) is 6.08 Å². The number of unbranched alkanes of at least 4 members (excludes halogenated alkanes) is 3. The summed E-state index contributed by atoms with van der Waals surface area (Å²) in [6, 6.07) is 0. The van der Waals surface area contributed by atoms with Crippen molar-refractivity contribution >= 4 is 0 Å². The molecule has 0 saturated heterocycles. The molecule has 0 heterocycles. The molecule has 0 amide bonds. The van der Waals surface area contributed by atoms with Crippen LogP contribution in [-0.2, 0) is 0 Å². The topological polar surface area (TPSA) is 0 Å². The van der Waals surface area contributed by atoms with Crippen molar-refractivity contribution < 1.29 is 13.2 Å². The van der Waals surface area contributed by atoms with Gasteiger partial charge in [-0.3, -0.25) is 0 Å². The van der Waals surface area contributed by atoms with Crippen molar-refractivity contribution in [3.8, 4) is 0 Å². The Morgan fingerprint density at radius 2 is 1.75 bits per heavy atom. The van der Waals surface area contributed by atoms with Crippen LogP contribution in [-0.4, -0.2) is 6.18 Å². The Morgan fingerprint density at radius 3 is 2.25 bits per heavy atom. The summed E-state index contributed by atoms with van der Waals surface area (Å²) < 4.78 is 34.8. The number of halogens is 3. The lowest BCUT2D eigenvalue weighted by Gasteiger charge is -2.04. The summed E-state index contributed by atoms with van der Waals surface area (Å²) in [5, 5.41) is 0. The zero-order chi connectivity index (χ0) is 9.45. The van der Waals surface area contributed by atoms with Crippen LogP contribution in [0.1, 0.15) is 32.1 Å². The van der Waals surface area contributed by atoms with E-state index in [4.69, 9.17) is 0 Å². The largest absolute Gasteiger partial charge is 0.389 e. The zero-order valence-electron chi connectivity index (χ0n) is 7.03. The molecular formula is C9H14F3. The molecule has 0 aliphatic heterocycles. The normalized spacial score (nSPS) is 12.7. The molecule has 0 spiro atoms. The van der Waals surface area contributed by atoms with Gasteiger partial charge in [-0.25, -0.2) is 0 Å². The molecular weight excluding hydrogens is 165 g/mol. The number of rotatable bonds is 5. The SMILES string of the molecule is [CH2]C=CCCCCCC(F)(F)F. The summed E-state index contributed by atoms with van der Waals surface area (Å²) in [5.74, 6) is 0. The maximum absolute atomic E-state index is 11.6. The van der Waals surface area contributed by atoms with E-state index >= 15 is 0 Å². The number of hydrogen-bond acceptors (Lipinski definition) is 0. The summed E-state index contributed by atoms with van der Waals surface area (Å²) >= 11 is 0. The molecule has 0 fully saturated rings. The van der Waals surface area contributed by atoms with Crippen LogP contribution >= 0.6 is 0 Å². The van der Waals surface area contributed by atoms with Crippen LogP contribution < -0.4 is 0 Å². The Balaban J connectivity index is 3.11. The van der Waals surface area contributed by atoms with Crippen LogP contribution in [0.5, 0.6) is 0 Å². The maximum atomic E-state index is 11.6. The van der Waals surface area contributed by atoms with Gasteiger partial charge in [-0.05, 0) is 26.2 Å². The van der Waals surface area contributed by atoms with Crippen molar-refractivity contribution in [1.82, 2.24) is 0 Å². The zero-order valence-corrected chi connectivity index (χ0v) is 7.03. The van der Waals surface area contributed by atoms with Crippen molar-refractivity contribution in [2.45, 2.75) is 38.3 Å². The molecule has 0 aromatic heterocycles. The first kappa shape index (κ1) is 11.5. The van der Waals surface area contributed by atoms with Gasteiger partial charge in [-0.1, -0.05) is 18.6 Å². The molecule has 1 radical (unpaired) electrons. The Kier molecular flexibility index (Phi) is 5.85. The number of allylic oxidation sites excluding steroid dienone is 2. The van der Waals surface area contributed by atoms with E-state index in [1.807, 2.05) is 6.08 Å². The van der Waals surface area contributed by atoms with Gasteiger partial charge in [-0.2, -0.15) is 13.2 Å². The minimum atomic E-state index is -3.98. The predicted molar refractivity (Wildman–Crippen MR) is 43.6 cm³/mol. The Bertz CT molecular complexity index is 124. The van der Waals surface area contributed by atoms with E-state index in [0.717, 1.165) is 12.8 Å². The fraction of sp³-hybridized carbons (Fsp3) is 0.667. The Morgan fingerprint density at radius 1 is 1.08 bits per heavy atom. The first-order valence-electron chi connectivity index (χ1n) is 4.07. The minimum absolute atomic E-state index is 0.245. The maximum Gasteiger partial charge on any atom is 0.389 e. The third-order valence-corrected chi connectivity index (χ3v) is 1.50. The first-order valence-corrected chi connectivity index (χ1v) is 4.07. The Labute approximate surface area is 71.5 Å². The molecule has 0 rings (SSSR count). The standard InChI is InChI=1S/C9H14F3/c1-2-3-4-5-6-7-8-9(10,11)12/h2-3H,1,4-8H2. The summed E-state index contributed by atoms with van der Waals surface area (Å²) in [6.45, 7) is 3.48. The average molecular weight is 179 g/mol. The van der Waals surface area contributed by atoms with Crippen LogP contribution in [0, 0.1) is 6.92 Å². The monoisotopic (exact) mass is 179 g/mol. The summed E-state index contributed by atoms with van der Waals surface area (Å²) in [7, 11) is 0. The fourth-order valence-electron chi connectivity index (χ4n) is 0.882. The smallest absolute Gasteiger partial charge is 0.171 e. The van der Waals surface area contributed by atoms with Crippen molar-refractivity contribution in [2.24, 2.45) is 0 Å². The summed E-state index contributed by atoms with van der Waals surface area (Å²) in [6.07, 6.45) is 1.45. The third-order valence-electron chi connectivity index (χ3n) is 1.50. The highest BCUT2D eigenvalue weighted by molar-refractivity contribution is 4.83. The molecule has 0 unspecified atom stereocenters. The molecule has 0 aliphatic carbocycles. The second-order valence-electron chi connectivity index (χ2n) is 2.69. The quantitative estimate of drug-likeness (QED) is 0.561. The third kappa shape index (κ3) is 9.53. The van der Waals surface area contributed by atoms with E-state index in [0.29, 0.717) is 6.42 Å². The Hall–Kier alpha value is -0.470. The van der Waals surface area contributed by atoms with Crippen LogP contribution in [0.25, 0.3) is 0 Å². The van der Waals surface area contributed by atoms with Gasteiger partial charge < -0.3 is 0 Å². The minimum Gasteiger partial charge on any atom is -0.171 e. The van der Waals surface area contributed by atoms with Crippen LogP contribution in [0.2, 0.25) is 0 Å². The number of alkyl halides is 3. The second-order valence-corrected chi connectivity index (χ2v) is 2.69. The van der Waals surface area contributed by atoms with Crippen LogP contribution in [0.15, 0.2) is 12.2 Å². The van der Waals surface area contributed by atoms with E-state index in [1.165, 1.54) is 0 Å². The molecule has 12 heavy (non-hydrogen) atoms. The fourth-order valence-corrected chi connectivity index (χ4v) is 0.882. The van der Waals surface area contributed by atoms with Gasteiger partial charge in [0.15, 0.2) is 0 Å². The molecule has 0 aromatic rings. The first-order chi connectivity index (χ1) is 5.56. The van der Waals surface area contributed by atoms with Crippen molar-refractivity contribution in [3.63, 3.8) is 0 Å². The van der Waals surface area contributed by atoms with E-state index in [-0.39, 0.29) is 6.42 Å². The van der Waals surface area contributed by atoms with Gasteiger partial charge in [0.2, 0.25) is 0 Å². The molecule has 3 heteroatoms. The molecule has 0 nitrogen and oxygen atoms in total. The van der Waals surface area contributed by atoms with Crippen molar-refractivity contribution in [1.29, 1.82) is 0 Å². The highest BCUT2D eigenvalue weighted by atomic mass is 19.4. The van der Waals surface area contributed by atoms with E-state index in [2.05, 4.69) is 6.92 Å². The van der Waals surface area contributed by atoms with E-state index < -0.39 is 12.6 Å². The molecule has 0 atom stereocenters. The average Bonchev–Trinajstić information content (AvgIpc) is 1.94. The lowest BCUT2D eigenvalue weighted by atomic mass is 10.1. The highest BCUT2D eigenvalue weighted by Gasteiger charge is 2.25. The van der Waals surface area contributed by atoms with Crippen molar-refractivity contribution in [3.05, 3.63) is 19.1 Å². The predicted octanol–water partition coefficient (Wildman–Crippen LogP) is 3.89. The molecule has 71 valence electrons. The molecule has 0 aliphatic rings. The lowest BCUT2D eigenvalue weighted by molar-refractivity contribution is -0.135. The van der Waals surface area contributed by atoms with Gasteiger partial charge in [-0.15, -0.1) is 0 Å².